The van der Waals surface area contributed by atoms with Crippen molar-refractivity contribution in [3.63, 3.8) is 0 Å². The second kappa shape index (κ2) is 4.81. The Morgan fingerprint density at radius 3 is 2.75 bits per heavy atom. The Balaban J connectivity index is 2.71. The first-order valence-electron chi connectivity index (χ1n) is 4.30. The molecule has 0 amide bonds. The van der Waals surface area contributed by atoms with Crippen LogP contribution in [0.25, 0.3) is 10.9 Å². The highest BCUT2D eigenvalue weighted by atomic mass is 79.9. The van der Waals surface area contributed by atoms with E-state index in [0.29, 0.717) is 10.7 Å². The van der Waals surface area contributed by atoms with Gasteiger partial charge in [-0.25, -0.2) is 14.8 Å². The van der Waals surface area contributed by atoms with Crippen molar-refractivity contribution < 1.29 is 10.3 Å². The molecule has 1 heterocycles. The smallest absolute Gasteiger partial charge is 0.217 e. The fraction of sp³-hybridized carbons (Fsp3) is 0.111. The van der Waals surface area contributed by atoms with Gasteiger partial charge in [0, 0.05) is 17.5 Å². The minimum Gasteiger partial charge on any atom is -0.217 e. The fourth-order valence-electron chi connectivity index (χ4n) is 1.35. The van der Waals surface area contributed by atoms with E-state index in [-0.39, 0.29) is 5.28 Å². The van der Waals surface area contributed by atoms with E-state index in [1.54, 1.807) is 12.6 Å². The Bertz CT molecular complexity index is 550. The molecule has 0 bridgehead atoms. The van der Waals surface area contributed by atoms with Crippen LogP contribution < -0.4 is 5.48 Å². The largest absolute Gasteiger partial charge is 0.224 e. The van der Waals surface area contributed by atoms with Crippen LogP contribution in [0.5, 0.6) is 0 Å². The summed E-state index contributed by atoms with van der Waals surface area (Å²) in [5, 5.41) is 1.17. The van der Waals surface area contributed by atoms with Gasteiger partial charge in [0.25, 0.3) is 0 Å². The number of aromatic nitrogens is 2. The van der Waals surface area contributed by atoms with E-state index in [0.717, 1.165) is 15.5 Å². The predicted molar refractivity (Wildman–Crippen MR) is 65.9 cm³/mol. The monoisotopic (exact) mass is 322 g/mol. The van der Waals surface area contributed by atoms with Gasteiger partial charge in [0.1, 0.15) is 5.15 Å². The summed E-state index contributed by atoms with van der Waals surface area (Å²) in [5.41, 5.74) is 3.16. The summed E-state index contributed by atoms with van der Waals surface area (Å²) in [4.78, 5) is 12.9. The van der Waals surface area contributed by atoms with Gasteiger partial charge < -0.3 is 0 Å². The number of hydrogen-bond acceptors (Lipinski definition) is 3. The SMILES string of the molecule is CO[NH2+]c1cc(Br)c2nc(Cl)nc(Cl)c2c1. The first-order valence-corrected chi connectivity index (χ1v) is 5.85. The van der Waals surface area contributed by atoms with Crippen LogP contribution >= 0.6 is 39.1 Å². The Labute approximate surface area is 110 Å². The van der Waals surface area contributed by atoms with Gasteiger partial charge in [-0.1, -0.05) is 11.6 Å². The first kappa shape index (κ1) is 12.0. The number of nitrogens with two attached hydrogens (primary N) is 1. The summed E-state index contributed by atoms with van der Waals surface area (Å²) >= 11 is 15.1. The Morgan fingerprint density at radius 1 is 1.31 bits per heavy atom. The van der Waals surface area contributed by atoms with Gasteiger partial charge >= 0.3 is 0 Å². The maximum Gasteiger partial charge on any atom is 0.224 e. The van der Waals surface area contributed by atoms with Crippen LogP contribution in [-0.4, -0.2) is 17.1 Å². The molecule has 84 valence electrons. The van der Waals surface area contributed by atoms with E-state index in [9.17, 15) is 0 Å². The van der Waals surface area contributed by atoms with Crippen molar-refractivity contribution in [2.75, 3.05) is 7.11 Å². The van der Waals surface area contributed by atoms with Gasteiger partial charge in [-0.15, -0.1) is 0 Å². The molecular weight excluding hydrogens is 317 g/mol. The molecule has 0 saturated heterocycles. The van der Waals surface area contributed by atoms with Crippen molar-refractivity contribution in [1.82, 2.24) is 9.97 Å². The van der Waals surface area contributed by atoms with Crippen molar-refractivity contribution >= 4 is 55.7 Å². The molecule has 4 nitrogen and oxygen atoms in total. The summed E-state index contributed by atoms with van der Waals surface area (Å²) in [6, 6.07) is 3.70. The average Bonchev–Trinajstić information content (AvgIpc) is 2.20. The van der Waals surface area contributed by atoms with Gasteiger partial charge in [-0.05, 0) is 27.5 Å². The molecule has 0 aliphatic carbocycles. The maximum atomic E-state index is 6.00. The van der Waals surface area contributed by atoms with Gasteiger partial charge in [0.15, 0.2) is 5.69 Å². The van der Waals surface area contributed by atoms with Crippen molar-refractivity contribution in [3.8, 4) is 0 Å². The molecule has 1 aromatic heterocycles. The molecule has 0 aliphatic heterocycles. The molecule has 16 heavy (non-hydrogen) atoms. The topological polar surface area (TPSA) is 51.6 Å². The third-order valence-corrected chi connectivity index (χ3v) is 3.02. The highest BCUT2D eigenvalue weighted by molar-refractivity contribution is 9.10. The molecule has 2 N–H and O–H groups in total. The molecule has 0 aliphatic rings. The number of quaternary nitrogens is 1. The summed E-state index contributed by atoms with van der Waals surface area (Å²) in [5.74, 6) is 0. The van der Waals surface area contributed by atoms with E-state index in [2.05, 4.69) is 25.9 Å². The molecule has 0 unspecified atom stereocenters. The first-order chi connectivity index (χ1) is 7.61. The standard InChI is InChI=1S/C9H6BrCl2N3O/c1-16-15-4-2-5-7(6(10)3-4)13-9(12)14-8(5)11/h2-3,15H,1H3/p+1. The number of benzene rings is 1. The summed E-state index contributed by atoms with van der Waals surface area (Å²) in [6.45, 7) is 0. The van der Waals surface area contributed by atoms with Crippen LogP contribution in [0.4, 0.5) is 5.69 Å². The summed E-state index contributed by atoms with van der Waals surface area (Å²) < 4.78 is 0.791. The van der Waals surface area contributed by atoms with Gasteiger partial charge in [0.2, 0.25) is 5.28 Å². The molecule has 0 atom stereocenters. The number of hydrogen-bond donors (Lipinski definition) is 1. The number of rotatable bonds is 2. The minimum absolute atomic E-state index is 0.127. The lowest BCUT2D eigenvalue weighted by Gasteiger charge is -2.04. The van der Waals surface area contributed by atoms with Crippen LogP contribution in [-0.2, 0) is 4.84 Å². The number of halogens is 3. The number of fused-ring (bicyclic) bond motifs is 1. The average molecular weight is 324 g/mol. The molecule has 0 saturated carbocycles. The second-order valence-corrected chi connectivity index (χ2v) is 4.59. The molecule has 7 heteroatoms. The minimum atomic E-state index is 0.127. The van der Waals surface area contributed by atoms with Gasteiger partial charge in [0.05, 0.1) is 17.1 Å². The fourth-order valence-corrected chi connectivity index (χ4v) is 2.36. The van der Waals surface area contributed by atoms with Crippen LogP contribution in [0.2, 0.25) is 10.4 Å². The van der Waals surface area contributed by atoms with E-state index in [4.69, 9.17) is 28.0 Å². The van der Waals surface area contributed by atoms with E-state index < -0.39 is 0 Å². The van der Waals surface area contributed by atoms with Gasteiger partial charge in [-0.2, -0.15) is 5.48 Å². The van der Waals surface area contributed by atoms with Gasteiger partial charge in [-0.3, -0.25) is 0 Å². The van der Waals surface area contributed by atoms with Crippen LogP contribution in [0.3, 0.4) is 0 Å². The zero-order valence-electron chi connectivity index (χ0n) is 8.17. The quantitative estimate of drug-likeness (QED) is 0.400. The molecule has 0 fully saturated rings. The second-order valence-electron chi connectivity index (χ2n) is 3.04. The van der Waals surface area contributed by atoms with Crippen molar-refractivity contribution in [1.29, 1.82) is 0 Å². The predicted octanol–water partition coefficient (Wildman–Crippen LogP) is 2.46. The lowest BCUT2D eigenvalue weighted by molar-refractivity contribution is -0.830. The summed E-state index contributed by atoms with van der Waals surface area (Å²) in [6.07, 6.45) is 0. The molecule has 2 aromatic rings. The van der Waals surface area contributed by atoms with Crippen molar-refractivity contribution in [2.24, 2.45) is 0 Å². The molecule has 0 spiro atoms. The lowest BCUT2D eigenvalue weighted by Crippen LogP contribution is -2.75. The van der Waals surface area contributed by atoms with Crippen LogP contribution in [0.1, 0.15) is 0 Å². The molecule has 0 radical (unpaired) electrons. The highest BCUT2D eigenvalue weighted by Crippen LogP contribution is 2.29. The lowest BCUT2D eigenvalue weighted by atomic mass is 10.2. The Kier molecular flexibility index (Phi) is 3.61. The van der Waals surface area contributed by atoms with Crippen molar-refractivity contribution in [3.05, 3.63) is 27.0 Å². The summed E-state index contributed by atoms with van der Waals surface area (Å²) in [7, 11) is 1.58. The maximum absolute atomic E-state index is 6.00. The Hall–Kier alpha value is -0.460. The third kappa shape index (κ3) is 2.28. The van der Waals surface area contributed by atoms with E-state index >= 15 is 0 Å². The van der Waals surface area contributed by atoms with Crippen LogP contribution in [0.15, 0.2) is 16.6 Å². The van der Waals surface area contributed by atoms with Crippen molar-refractivity contribution in [2.45, 2.75) is 0 Å². The molecule has 1 aromatic carbocycles. The molecular formula is C9H7BrCl2N3O+. The zero-order valence-corrected chi connectivity index (χ0v) is 11.3. The normalized spacial score (nSPS) is 11.0. The van der Waals surface area contributed by atoms with Crippen LogP contribution in [0, 0.1) is 0 Å². The third-order valence-electron chi connectivity index (χ3n) is 1.96. The van der Waals surface area contributed by atoms with E-state index in [1.165, 1.54) is 0 Å². The zero-order chi connectivity index (χ0) is 11.7. The van der Waals surface area contributed by atoms with E-state index in [1.807, 2.05) is 12.1 Å². The molecule has 2 rings (SSSR count). The Morgan fingerprint density at radius 2 is 2.06 bits per heavy atom. The number of nitrogens with zero attached hydrogens (tertiary/aromatic N) is 2. The highest BCUT2D eigenvalue weighted by Gasteiger charge is 2.11.